The van der Waals surface area contributed by atoms with Gasteiger partial charge >= 0.3 is 6.03 Å². The number of carbonyl (C=O) groups is 2. The number of nitrogens with one attached hydrogen (secondary N) is 3. The smallest absolute Gasteiger partial charge is 0.315 e. The highest BCUT2D eigenvalue weighted by Gasteiger charge is 2.18. The van der Waals surface area contributed by atoms with Crippen LogP contribution in [-0.2, 0) is 4.79 Å². The van der Waals surface area contributed by atoms with Crippen molar-refractivity contribution in [2.45, 2.75) is 12.5 Å². The molecule has 72 valence electrons. The fourth-order valence-corrected chi connectivity index (χ4v) is 1.12. The molecule has 5 nitrogen and oxygen atoms in total. The number of urea groups is 1. The van der Waals surface area contributed by atoms with Gasteiger partial charge in [-0.3, -0.25) is 4.79 Å². The number of hydrogen-bond donors (Lipinski definition) is 3. The lowest BCUT2D eigenvalue weighted by molar-refractivity contribution is -0.116. The third kappa shape index (κ3) is 3.14. The molecule has 1 rings (SSSR count). The lowest BCUT2D eigenvalue weighted by Gasteiger charge is -2.07. The molecule has 0 aromatic heterocycles. The Balaban J connectivity index is 2.09. The van der Waals surface area contributed by atoms with E-state index in [1.54, 1.807) is 0 Å². The van der Waals surface area contributed by atoms with Crippen molar-refractivity contribution >= 4 is 11.9 Å². The summed E-state index contributed by atoms with van der Waals surface area (Å²) in [5.41, 5.74) is 0. The molecule has 0 spiro atoms. The largest absolute Gasteiger partial charge is 0.352 e. The van der Waals surface area contributed by atoms with Crippen molar-refractivity contribution in [2.75, 3.05) is 13.1 Å². The molecule has 1 aliphatic heterocycles. The van der Waals surface area contributed by atoms with E-state index in [1.165, 1.54) is 6.08 Å². The van der Waals surface area contributed by atoms with Crippen molar-refractivity contribution < 1.29 is 9.59 Å². The van der Waals surface area contributed by atoms with E-state index in [-0.39, 0.29) is 18.0 Å². The van der Waals surface area contributed by atoms with Crippen LogP contribution in [0.5, 0.6) is 0 Å². The molecular formula is C8H13N3O2. The molecule has 13 heavy (non-hydrogen) atoms. The quantitative estimate of drug-likeness (QED) is 0.507. The molecule has 1 atom stereocenters. The van der Waals surface area contributed by atoms with Gasteiger partial charge in [-0.2, -0.15) is 0 Å². The van der Waals surface area contributed by atoms with Crippen LogP contribution in [0.1, 0.15) is 6.42 Å². The Morgan fingerprint density at radius 3 is 3.08 bits per heavy atom. The normalized spacial score (nSPS) is 20.3. The van der Waals surface area contributed by atoms with Gasteiger partial charge in [0, 0.05) is 19.1 Å². The topological polar surface area (TPSA) is 70.2 Å². The van der Waals surface area contributed by atoms with Crippen LogP contribution in [0.25, 0.3) is 0 Å². The minimum atomic E-state index is -0.183. The Bertz CT molecular complexity index is 227. The molecule has 3 amide bonds. The molecule has 3 N–H and O–H groups in total. The summed E-state index contributed by atoms with van der Waals surface area (Å²) < 4.78 is 0. The van der Waals surface area contributed by atoms with Crippen LogP contribution >= 0.6 is 0 Å². The van der Waals surface area contributed by atoms with Gasteiger partial charge < -0.3 is 16.0 Å². The molecule has 1 unspecified atom stereocenters. The number of rotatable bonds is 4. The predicted octanol–water partition coefficient (Wildman–Crippen LogP) is -0.640. The SMILES string of the molecule is C=CC(=O)NCCC1CNC(=O)N1. The standard InChI is InChI=1S/C8H13N3O2/c1-2-7(12)9-4-3-6-5-10-8(13)11-6/h2,6H,1,3-5H2,(H,9,12)(H2,10,11,13). The monoisotopic (exact) mass is 183 g/mol. The van der Waals surface area contributed by atoms with Gasteiger partial charge in [0.15, 0.2) is 0 Å². The zero-order valence-electron chi connectivity index (χ0n) is 7.30. The Labute approximate surface area is 76.6 Å². The van der Waals surface area contributed by atoms with E-state index in [4.69, 9.17) is 0 Å². The van der Waals surface area contributed by atoms with Crippen molar-refractivity contribution in [2.24, 2.45) is 0 Å². The van der Waals surface area contributed by atoms with Crippen LogP contribution in [-0.4, -0.2) is 31.1 Å². The van der Waals surface area contributed by atoms with Crippen LogP contribution in [0, 0.1) is 0 Å². The maximum absolute atomic E-state index is 10.7. The summed E-state index contributed by atoms with van der Waals surface area (Å²) in [5.74, 6) is -0.183. The van der Waals surface area contributed by atoms with E-state index in [1.807, 2.05) is 0 Å². The highest BCUT2D eigenvalue weighted by Crippen LogP contribution is 1.94. The number of amides is 3. The highest BCUT2D eigenvalue weighted by molar-refractivity contribution is 5.86. The maximum Gasteiger partial charge on any atom is 0.315 e. The van der Waals surface area contributed by atoms with Gasteiger partial charge in [0.2, 0.25) is 5.91 Å². The van der Waals surface area contributed by atoms with Gasteiger partial charge in [0.05, 0.1) is 0 Å². The first-order chi connectivity index (χ1) is 6.22. The summed E-state index contributed by atoms with van der Waals surface area (Å²) >= 11 is 0. The maximum atomic E-state index is 10.7. The molecule has 0 saturated carbocycles. The first-order valence-electron chi connectivity index (χ1n) is 4.17. The summed E-state index contributed by atoms with van der Waals surface area (Å²) in [5, 5.41) is 8.00. The molecule has 1 heterocycles. The first kappa shape index (κ1) is 9.57. The van der Waals surface area contributed by atoms with E-state index in [0.29, 0.717) is 13.1 Å². The molecule has 0 aromatic rings. The lowest BCUT2D eigenvalue weighted by Crippen LogP contribution is -2.32. The van der Waals surface area contributed by atoms with Crippen LogP contribution in [0.4, 0.5) is 4.79 Å². The van der Waals surface area contributed by atoms with E-state index >= 15 is 0 Å². The average molecular weight is 183 g/mol. The fraction of sp³-hybridized carbons (Fsp3) is 0.500. The summed E-state index contributed by atoms with van der Waals surface area (Å²) in [6, 6.07) is -0.0161. The van der Waals surface area contributed by atoms with Gasteiger partial charge in [-0.25, -0.2) is 4.79 Å². The zero-order chi connectivity index (χ0) is 9.68. The highest BCUT2D eigenvalue weighted by atomic mass is 16.2. The Morgan fingerprint density at radius 2 is 2.54 bits per heavy atom. The van der Waals surface area contributed by atoms with Crippen LogP contribution in [0.2, 0.25) is 0 Å². The van der Waals surface area contributed by atoms with E-state index in [0.717, 1.165) is 6.42 Å². The Hall–Kier alpha value is -1.52. The minimum absolute atomic E-state index is 0.123. The molecule has 1 saturated heterocycles. The van der Waals surface area contributed by atoms with Crippen molar-refractivity contribution in [3.8, 4) is 0 Å². The molecule has 0 aliphatic carbocycles. The van der Waals surface area contributed by atoms with Gasteiger partial charge in [0.25, 0.3) is 0 Å². The van der Waals surface area contributed by atoms with E-state index in [9.17, 15) is 9.59 Å². The van der Waals surface area contributed by atoms with Crippen molar-refractivity contribution in [1.29, 1.82) is 0 Å². The van der Waals surface area contributed by atoms with Crippen molar-refractivity contribution in [1.82, 2.24) is 16.0 Å². The Kier molecular flexibility index (Phi) is 3.31. The van der Waals surface area contributed by atoms with Gasteiger partial charge in [0.1, 0.15) is 0 Å². The van der Waals surface area contributed by atoms with Crippen LogP contribution in [0.3, 0.4) is 0 Å². The van der Waals surface area contributed by atoms with Gasteiger partial charge in [-0.1, -0.05) is 6.58 Å². The Morgan fingerprint density at radius 1 is 1.77 bits per heavy atom. The summed E-state index contributed by atoms with van der Waals surface area (Å²) in [7, 11) is 0. The second-order valence-corrected chi connectivity index (χ2v) is 2.84. The number of carbonyl (C=O) groups excluding carboxylic acids is 2. The molecule has 1 aliphatic rings. The molecule has 0 aromatic carbocycles. The van der Waals surface area contributed by atoms with Gasteiger partial charge in [-0.15, -0.1) is 0 Å². The molecule has 0 bridgehead atoms. The minimum Gasteiger partial charge on any atom is -0.352 e. The van der Waals surface area contributed by atoms with Crippen LogP contribution < -0.4 is 16.0 Å². The zero-order valence-corrected chi connectivity index (χ0v) is 7.30. The molecular weight excluding hydrogens is 170 g/mol. The van der Waals surface area contributed by atoms with Gasteiger partial charge in [-0.05, 0) is 12.5 Å². The average Bonchev–Trinajstić information content (AvgIpc) is 2.51. The second kappa shape index (κ2) is 4.49. The lowest BCUT2D eigenvalue weighted by atomic mass is 10.2. The van der Waals surface area contributed by atoms with E-state index in [2.05, 4.69) is 22.5 Å². The summed E-state index contributed by atoms with van der Waals surface area (Å²) in [4.78, 5) is 21.4. The van der Waals surface area contributed by atoms with E-state index < -0.39 is 0 Å². The van der Waals surface area contributed by atoms with Crippen LogP contribution in [0.15, 0.2) is 12.7 Å². The van der Waals surface area contributed by atoms with Crippen molar-refractivity contribution in [3.63, 3.8) is 0 Å². The third-order valence-corrected chi connectivity index (χ3v) is 1.82. The molecule has 0 radical (unpaired) electrons. The summed E-state index contributed by atoms with van der Waals surface area (Å²) in [6.07, 6.45) is 1.96. The van der Waals surface area contributed by atoms with Crippen molar-refractivity contribution in [3.05, 3.63) is 12.7 Å². The first-order valence-corrected chi connectivity index (χ1v) is 4.17. The number of hydrogen-bond acceptors (Lipinski definition) is 2. The molecule has 1 fully saturated rings. The molecule has 5 heteroatoms. The third-order valence-electron chi connectivity index (χ3n) is 1.82. The summed E-state index contributed by atoms with van der Waals surface area (Å²) in [6.45, 7) is 4.51. The second-order valence-electron chi connectivity index (χ2n) is 2.84. The predicted molar refractivity (Wildman–Crippen MR) is 48.1 cm³/mol. The fourth-order valence-electron chi connectivity index (χ4n) is 1.12.